The van der Waals surface area contributed by atoms with E-state index < -0.39 is 25.9 Å². The first-order chi connectivity index (χ1) is 17.1. The highest BCUT2D eigenvalue weighted by molar-refractivity contribution is 7.90. The van der Waals surface area contributed by atoms with E-state index in [-0.39, 0.29) is 4.90 Å². The lowest BCUT2D eigenvalue weighted by Crippen LogP contribution is -2.47. The van der Waals surface area contributed by atoms with Crippen molar-refractivity contribution in [3.05, 3.63) is 60.2 Å². The van der Waals surface area contributed by atoms with Gasteiger partial charge >= 0.3 is 6.03 Å². The first-order valence-corrected chi connectivity index (χ1v) is 15.6. The van der Waals surface area contributed by atoms with Crippen molar-refractivity contribution in [1.82, 2.24) is 19.4 Å². The molecule has 2 aliphatic rings. The van der Waals surface area contributed by atoms with E-state index in [4.69, 9.17) is 0 Å². The Balaban J connectivity index is 1.28. The Labute approximate surface area is 214 Å². The maximum atomic E-state index is 12.7. The van der Waals surface area contributed by atoms with Gasteiger partial charge in [0.25, 0.3) is 10.0 Å². The zero-order valence-corrected chi connectivity index (χ0v) is 22.2. The van der Waals surface area contributed by atoms with Crippen LogP contribution in [0.1, 0.15) is 24.8 Å². The Morgan fingerprint density at radius 1 is 0.861 bits per heavy atom. The number of hydrogen-bond donors (Lipinski definition) is 1. The van der Waals surface area contributed by atoms with Crippen molar-refractivity contribution < 1.29 is 21.6 Å². The monoisotopic (exact) mass is 534 g/mol. The molecule has 11 heteroatoms. The van der Waals surface area contributed by atoms with Crippen LogP contribution in [-0.2, 0) is 26.4 Å². The summed E-state index contributed by atoms with van der Waals surface area (Å²) in [6.07, 6.45) is 3.96. The number of carbonyl (C=O) groups is 1. The molecule has 0 atom stereocenters. The van der Waals surface area contributed by atoms with Gasteiger partial charge in [0.2, 0.25) is 0 Å². The van der Waals surface area contributed by atoms with Gasteiger partial charge in [0.05, 0.1) is 9.79 Å². The van der Waals surface area contributed by atoms with Crippen molar-refractivity contribution in [2.45, 2.75) is 41.6 Å². The van der Waals surface area contributed by atoms with Gasteiger partial charge in [0, 0.05) is 45.0 Å². The second kappa shape index (κ2) is 11.3. The fourth-order valence-electron chi connectivity index (χ4n) is 5.02. The van der Waals surface area contributed by atoms with Gasteiger partial charge in [-0.05, 0) is 56.1 Å². The number of piperidine rings is 1. The van der Waals surface area contributed by atoms with Crippen LogP contribution in [-0.4, -0.2) is 89.1 Å². The molecule has 2 fully saturated rings. The number of amides is 2. The molecule has 0 radical (unpaired) electrons. The number of benzene rings is 2. The Hall–Kier alpha value is -2.47. The number of nitrogens with one attached hydrogen (secondary N) is 1. The van der Waals surface area contributed by atoms with Gasteiger partial charge in [-0.1, -0.05) is 36.4 Å². The Morgan fingerprint density at radius 2 is 1.53 bits per heavy atom. The van der Waals surface area contributed by atoms with Crippen molar-refractivity contribution >= 4 is 25.9 Å². The number of likely N-dealkylation sites (tertiary alicyclic amines) is 1. The number of sulfone groups is 1. The summed E-state index contributed by atoms with van der Waals surface area (Å²) in [5, 5.41) is 0. The van der Waals surface area contributed by atoms with E-state index in [2.05, 4.69) is 14.5 Å². The summed E-state index contributed by atoms with van der Waals surface area (Å²) in [6.45, 7) is 4.89. The van der Waals surface area contributed by atoms with Crippen molar-refractivity contribution in [3.63, 3.8) is 0 Å². The Kier molecular flexibility index (Phi) is 8.34. The van der Waals surface area contributed by atoms with E-state index in [1.165, 1.54) is 18.4 Å². The van der Waals surface area contributed by atoms with Gasteiger partial charge in [0.15, 0.2) is 9.84 Å². The summed E-state index contributed by atoms with van der Waals surface area (Å²) in [4.78, 5) is 19.5. The van der Waals surface area contributed by atoms with Gasteiger partial charge in [-0.3, -0.25) is 9.80 Å². The SMILES string of the molecule is CS(=O)(=O)c1ccccc1CN1CCC(N2CCCN(C(=O)NS(=O)(=O)c3ccccc3)CC2)CC1. The number of nitrogens with zero attached hydrogens (tertiary/aromatic N) is 3. The molecule has 0 spiro atoms. The molecule has 2 aromatic carbocycles. The van der Waals surface area contributed by atoms with E-state index in [1.807, 2.05) is 12.1 Å². The van der Waals surface area contributed by atoms with Gasteiger partial charge in [0.1, 0.15) is 0 Å². The van der Waals surface area contributed by atoms with Crippen LogP contribution in [0.5, 0.6) is 0 Å². The van der Waals surface area contributed by atoms with Crippen molar-refractivity contribution in [2.75, 3.05) is 45.5 Å². The minimum absolute atomic E-state index is 0.0701. The Bertz CT molecular complexity index is 1260. The van der Waals surface area contributed by atoms with Crippen molar-refractivity contribution in [2.24, 2.45) is 0 Å². The maximum absolute atomic E-state index is 12.7. The first kappa shape index (κ1) is 26.6. The molecular formula is C25H34N4O5S2. The van der Waals surface area contributed by atoms with Crippen LogP contribution in [0.4, 0.5) is 4.79 Å². The maximum Gasteiger partial charge on any atom is 0.331 e. The van der Waals surface area contributed by atoms with Gasteiger partial charge < -0.3 is 4.90 Å². The smallest absolute Gasteiger partial charge is 0.323 e. The molecule has 0 saturated carbocycles. The van der Waals surface area contributed by atoms with Gasteiger partial charge in [-0.15, -0.1) is 0 Å². The summed E-state index contributed by atoms with van der Waals surface area (Å²) in [5.41, 5.74) is 0.834. The van der Waals surface area contributed by atoms with Gasteiger partial charge in [-0.2, -0.15) is 0 Å². The third-order valence-electron chi connectivity index (χ3n) is 6.93. The summed E-state index contributed by atoms with van der Waals surface area (Å²) in [5.74, 6) is 0. The summed E-state index contributed by atoms with van der Waals surface area (Å²) >= 11 is 0. The van der Waals surface area contributed by atoms with Crippen LogP contribution in [0.2, 0.25) is 0 Å². The summed E-state index contributed by atoms with van der Waals surface area (Å²) in [6, 6.07) is 14.9. The molecule has 2 aromatic rings. The molecular weight excluding hydrogens is 500 g/mol. The molecule has 0 unspecified atom stereocenters. The third kappa shape index (κ3) is 6.64. The number of rotatable bonds is 6. The minimum atomic E-state index is -3.90. The number of hydrogen-bond acceptors (Lipinski definition) is 7. The highest BCUT2D eigenvalue weighted by Gasteiger charge is 2.29. The standard InChI is InChI=1S/C25H34N4O5S2/c1-35(31,32)24-11-6-5-8-21(24)20-27-16-12-22(13-17-27)28-14-7-15-29(19-18-28)25(30)26-36(33,34)23-9-3-2-4-10-23/h2-6,8-11,22H,7,12-20H2,1H3,(H,26,30). The van der Waals surface area contributed by atoms with E-state index in [9.17, 15) is 21.6 Å². The predicted molar refractivity (Wildman–Crippen MR) is 138 cm³/mol. The van der Waals surface area contributed by atoms with Crippen LogP contribution in [0.15, 0.2) is 64.4 Å². The number of sulfonamides is 1. The highest BCUT2D eigenvalue weighted by Crippen LogP contribution is 2.23. The van der Waals surface area contributed by atoms with Crippen molar-refractivity contribution in [3.8, 4) is 0 Å². The molecule has 2 saturated heterocycles. The molecule has 0 aliphatic carbocycles. The van der Waals surface area contributed by atoms with Crippen molar-refractivity contribution in [1.29, 1.82) is 0 Å². The quantitative estimate of drug-likeness (QED) is 0.605. The zero-order valence-electron chi connectivity index (χ0n) is 20.5. The largest absolute Gasteiger partial charge is 0.331 e. The topological polar surface area (TPSA) is 107 Å². The predicted octanol–water partition coefficient (Wildman–Crippen LogP) is 2.16. The Morgan fingerprint density at radius 3 is 2.22 bits per heavy atom. The molecule has 2 heterocycles. The molecule has 36 heavy (non-hydrogen) atoms. The van der Waals surface area contributed by atoms with E-state index >= 15 is 0 Å². The molecule has 0 aromatic heterocycles. The van der Waals surface area contributed by atoms with Crippen LogP contribution >= 0.6 is 0 Å². The molecule has 2 amide bonds. The third-order valence-corrected chi connectivity index (χ3v) is 9.47. The molecule has 4 rings (SSSR count). The number of urea groups is 1. The fraction of sp³-hybridized carbons (Fsp3) is 0.480. The van der Waals surface area contributed by atoms with E-state index in [1.54, 1.807) is 35.2 Å². The lowest BCUT2D eigenvalue weighted by atomic mass is 10.0. The summed E-state index contributed by atoms with van der Waals surface area (Å²) in [7, 11) is -7.16. The normalized spacial score (nSPS) is 19.1. The molecule has 0 bridgehead atoms. The van der Waals surface area contributed by atoms with Crippen LogP contribution in [0.25, 0.3) is 0 Å². The van der Waals surface area contributed by atoms with Crippen LogP contribution < -0.4 is 4.72 Å². The summed E-state index contributed by atoms with van der Waals surface area (Å²) < 4.78 is 51.5. The zero-order chi connectivity index (χ0) is 25.8. The molecule has 1 N–H and O–H groups in total. The first-order valence-electron chi connectivity index (χ1n) is 12.2. The highest BCUT2D eigenvalue weighted by atomic mass is 32.2. The van der Waals surface area contributed by atoms with Crippen LogP contribution in [0, 0.1) is 0 Å². The molecule has 9 nitrogen and oxygen atoms in total. The molecule has 196 valence electrons. The molecule has 2 aliphatic heterocycles. The lowest BCUT2D eigenvalue weighted by Gasteiger charge is -2.38. The minimum Gasteiger partial charge on any atom is -0.323 e. The van der Waals surface area contributed by atoms with E-state index in [0.717, 1.165) is 44.5 Å². The number of carbonyl (C=O) groups excluding carboxylic acids is 1. The fourth-order valence-corrected chi connectivity index (χ4v) is 6.95. The average molecular weight is 535 g/mol. The average Bonchev–Trinajstić information content (AvgIpc) is 3.11. The second-order valence-electron chi connectivity index (χ2n) is 9.49. The van der Waals surface area contributed by atoms with Crippen LogP contribution in [0.3, 0.4) is 0 Å². The lowest BCUT2D eigenvalue weighted by molar-refractivity contribution is 0.107. The van der Waals surface area contributed by atoms with E-state index in [0.29, 0.717) is 37.1 Å². The van der Waals surface area contributed by atoms with Gasteiger partial charge in [-0.25, -0.2) is 26.4 Å². The second-order valence-corrected chi connectivity index (χ2v) is 13.2.